The molecule has 0 atom stereocenters. The number of anilines is 1. The van der Waals surface area contributed by atoms with E-state index in [1.807, 2.05) is 18.2 Å². The number of hydrogen-bond acceptors (Lipinski definition) is 3. The van der Waals surface area contributed by atoms with Crippen molar-refractivity contribution in [1.29, 1.82) is 0 Å². The predicted molar refractivity (Wildman–Crippen MR) is 101 cm³/mol. The molecular weight excluding hydrogens is 386 g/mol. The van der Waals surface area contributed by atoms with Gasteiger partial charge in [-0.2, -0.15) is 0 Å². The fourth-order valence-electron chi connectivity index (χ4n) is 2.95. The van der Waals surface area contributed by atoms with E-state index in [0.717, 1.165) is 24.0 Å². The van der Waals surface area contributed by atoms with E-state index in [0.29, 0.717) is 24.3 Å². The van der Waals surface area contributed by atoms with Crippen LogP contribution in [0.2, 0.25) is 5.02 Å². The third-order valence-corrected chi connectivity index (χ3v) is 6.16. The summed E-state index contributed by atoms with van der Waals surface area (Å²) in [5, 5.41) is -0.0747. The fraction of sp³-hybridized carbons (Fsp3) is 0.294. The normalized spacial score (nSPS) is 14.0. The first-order valence-corrected chi connectivity index (χ1v) is 9.65. The standard InChI is InChI=1S/C17H18ClFN2O2S.ClH/c18-15-9-13(3-5-16(15)19)11-24(22,23)21-7-1-2-14-8-12(10-20)4-6-17(14)21;/h3-6,8-9H,1-2,7,10-11,20H2;1H. The van der Waals surface area contributed by atoms with Crippen LogP contribution in [0.15, 0.2) is 36.4 Å². The topological polar surface area (TPSA) is 63.4 Å². The van der Waals surface area contributed by atoms with Gasteiger partial charge in [0, 0.05) is 13.1 Å². The second kappa shape index (κ2) is 7.91. The molecule has 0 saturated carbocycles. The fourth-order valence-corrected chi connectivity index (χ4v) is 4.79. The Labute approximate surface area is 158 Å². The Morgan fingerprint density at radius 2 is 1.88 bits per heavy atom. The summed E-state index contributed by atoms with van der Waals surface area (Å²) in [5.74, 6) is -0.777. The molecule has 3 rings (SSSR count). The van der Waals surface area contributed by atoms with Crippen LogP contribution >= 0.6 is 24.0 Å². The minimum atomic E-state index is -3.58. The van der Waals surface area contributed by atoms with Crippen LogP contribution in [-0.4, -0.2) is 15.0 Å². The molecule has 136 valence electrons. The first-order valence-electron chi connectivity index (χ1n) is 7.67. The third-order valence-electron chi connectivity index (χ3n) is 4.12. The van der Waals surface area contributed by atoms with Crippen LogP contribution in [0, 0.1) is 5.82 Å². The van der Waals surface area contributed by atoms with Gasteiger partial charge in [0.25, 0.3) is 0 Å². The molecule has 1 aliphatic rings. The zero-order chi connectivity index (χ0) is 17.3. The number of fused-ring (bicyclic) bond motifs is 1. The maximum atomic E-state index is 13.3. The van der Waals surface area contributed by atoms with Crippen LogP contribution in [0.25, 0.3) is 0 Å². The lowest BCUT2D eigenvalue weighted by molar-refractivity contribution is 0.585. The molecule has 0 saturated heterocycles. The average Bonchev–Trinajstić information content (AvgIpc) is 2.56. The Bertz CT molecular complexity index is 875. The molecule has 0 aliphatic carbocycles. The van der Waals surface area contributed by atoms with Crippen molar-refractivity contribution < 1.29 is 12.8 Å². The lowest BCUT2D eigenvalue weighted by Crippen LogP contribution is -2.36. The third kappa shape index (κ3) is 4.26. The monoisotopic (exact) mass is 404 g/mol. The van der Waals surface area contributed by atoms with Crippen molar-refractivity contribution in [2.45, 2.75) is 25.1 Å². The number of aryl methyl sites for hydroxylation is 1. The molecule has 0 unspecified atom stereocenters. The molecule has 0 aromatic heterocycles. The number of halogens is 3. The molecule has 1 heterocycles. The zero-order valence-corrected chi connectivity index (χ0v) is 15.8. The van der Waals surface area contributed by atoms with Gasteiger partial charge in [-0.15, -0.1) is 12.4 Å². The van der Waals surface area contributed by atoms with Crippen LogP contribution in [-0.2, 0) is 28.7 Å². The molecule has 2 aromatic rings. The van der Waals surface area contributed by atoms with Crippen molar-refractivity contribution in [3.05, 3.63) is 63.9 Å². The SMILES string of the molecule is Cl.NCc1ccc2c(c1)CCCN2S(=O)(=O)Cc1ccc(F)c(Cl)c1. The zero-order valence-electron chi connectivity index (χ0n) is 13.4. The quantitative estimate of drug-likeness (QED) is 0.845. The van der Waals surface area contributed by atoms with E-state index < -0.39 is 15.8 Å². The molecule has 2 N–H and O–H groups in total. The van der Waals surface area contributed by atoms with Crippen molar-refractivity contribution in [1.82, 2.24) is 0 Å². The van der Waals surface area contributed by atoms with E-state index in [1.54, 1.807) is 0 Å². The molecule has 0 fully saturated rings. The number of rotatable bonds is 4. The van der Waals surface area contributed by atoms with E-state index in [2.05, 4.69) is 0 Å². The summed E-state index contributed by atoms with van der Waals surface area (Å²) in [4.78, 5) is 0. The molecule has 25 heavy (non-hydrogen) atoms. The van der Waals surface area contributed by atoms with Gasteiger partial charge in [0.1, 0.15) is 5.82 Å². The average molecular weight is 405 g/mol. The lowest BCUT2D eigenvalue weighted by Gasteiger charge is -2.31. The smallest absolute Gasteiger partial charge is 0.239 e. The number of nitrogens with two attached hydrogens (primary N) is 1. The molecule has 0 spiro atoms. The van der Waals surface area contributed by atoms with E-state index in [-0.39, 0.29) is 23.2 Å². The summed E-state index contributed by atoms with van der Waals surface area (Å²) in [7, 11) is -3.58. The van der Waals surface area contributed by atoms with Crippen molar-refractivity contribution >= 4 is 39.7 Å². The minimum Gasteiger partial charge on any atom is -0.326 e. The summed E-state index contributed by atoms with van der Waals surface area (Å²) in [6.45, 7) is 0.861. The summed E-state index contributed by atoms with van der Waals surface area (Å²) >= 11 is 5.75. The summed E-state index contributed by atoms with van der Waals surface area (Å²) in [6.07, 6.45) is 1.59. The maximum Gasteiger partial charge on any atom is 0.239 e. The van der Waals surface area contributed by atoms with Crippen LogP contribution < -0.4 is 10.0 Å². The number of nitrogens with zero attached hydrogens (tertiary/aromatic N) is 1. The van der Waals surface area contributed by atoms with E-state index >= 15 is 0 Å². The summed E-state index contributed by atoms with van der Waals surface area (Å²) < 4.78 is 40.4. The maximum absolute atomic E-state index is 13.3. The van der Waals surface area contributed by atoms with Crippen LogP contribution in [0.1, 0.15) is 23.1 Å². The highest BCUT2D eigenvalue weighted by Crippen LogP contribution is 2.31. The van der Waals surface area contributed by atoms with Gasteiger partial charge in [0.15, 0.2) is 0 Å². The van der Waals surface area contributed by atoms with Gasteiger partial charge >= 0.3 is 0 Å². The first-order chi connectivity index (χ1) is 11.4. The van der Waals surface area contributed by atoms with Gasteiger partial charge in [-0.05, 0) is 47.7 Å². The van der Waals surface area contributed by atoms with Gasteiger partial charge in [-0.25, -0.2) is 12.8 Å². The molecular formula is C17H19Cl2FN2O2S. The van der Waals surface area contributed by atoms with E-state index in [4.69, 9.17) is 17.3 Å². The Hall–Kier alpha value is -1.34. The van der Waals surface area contributed by atoms with Crippen molar-refractivity contribution in [2.24, 2.45) is 5.73 Å². The highest BCUT2D eigenvalue weighted by molar-refractivity contribution is 7.92. The predicted octanol–water partition coefficient (Wildman–Crippen LogP) is 3.64. The summed E-state index contributed by atoms with van der Waals surface area (Å²) in [6, 6.07) is 9.61. The van der Waals surface area contributed by atoms with Crippen LogP contribution in [0.3, 0.4) is 0 Å². The summed E-state index contributed by atoms with van der Waals surface area (Å²) in [5.41, 5.74) is 8.80. The van der Waals surface area contributed by atoms with Gasteiger partial charge in [0.2, 0.25) is 10.0 Å². The van der Waals surface area contributed by atoms with E-state index in [9.17, 15) is 12.8 Å². The van der Waals surface area contributed by atoms with Crippen molar-refractivity contribution in [2.75, 3.05) is 10.8 Å². The van der Waals surface area contributed by atoms with Crippen molar-refractivity contribution in [3.63, 3.8) is 0 Å². The molecule has 0 radical (unpaired) electrons. The van der Waals surface area contributed by atoms with Crippen LogP contribution in [0.5, 0.6) is 0 Å². The molecule has 4 nitrogen and oxygen atoms in total. The van der Waals surface area contributed by atoms with Gasteiger partial charge in [-0.1, -0.05) is 29.8 Å². The molecule has 2 aromatic carbocycles. The highest BCUT2D eigenvalue weighted by atomic mass is 35.5. The van der Waals surface area contributed by atoms with Gasteiger partial charge < -0.3 is 5.73 Å². The van der Waals surface area contributed by atoms with Gasteiger partial charge in [-0.3, -0.25) is 4.31 Å². The van der Waals surface area contributed by atoms with Crippen LogP contribution in [0.4, 0.5) is 10.1 Å². The first kappa shape index (κ1) is 20.0. The Morgan fingerprint density at radius 3 is 2.56 bits per heavy atom. The molecule has 0 amide bonds. The number of benzene rings is 2. The largest absolute Gasteiger partial charge is 0.326 e. The number of sulfonamides is 1. The molecule has 1 aliphatic heterocycles. The Balaban J connectivity index is 0.00000225. The van der Waals surface area contributed by atoms with E-state index in [1.165, 1.54) is 22.5 Å². The van der Waals surface area contributed by atoms with Gasteiger partial charge in [0.05, 0.1) is 16.5 Å². The van der Waals surface area contributed by atoms with Crippen molar-refractivity contribution in [3.8, 4) is 0 Å². The minimum absolute atomic E-state index is 0. The molecule has 0 bridgehead atoms. The Kier molecular flexibility index (Phi) is 6.32. The lowest BCUT2D eigenvalue weighted by atomic mass is 10.0. The number of hydrogen-bond donors (Lipinski definition) is 1. The highest BCUT2D eigenvalue weighted by Gasteiger charge is 2.28. The second-order valence-corrected chi connectivity index (χ2v) is 8.15. The second-order valence-electron chi connectivity index (χ2n) is 5.85. The Morgan fingerprint density at radius 1 is 1.16 bits per heavy atom. The molecule has 8 heteroatoms.